The summed E-state index contributed by atoms with van der Waals surface area (Å²) in [4.78, 5) is 54.2. The second-order valence-corrected chi connectivity index (χ2v) is 10.3. The summed E-state index contributed by atoms with van der Waals surface area (Å²) in [5.41, 5.74) is 1.06. The molecule has 2 aromatic heterocycles. The second-order valence-electron chi connectivity index (χ2n) is 9.32. The minimum atomic E-state index is -0.922. The molecule has 12 nitrogen and oxygen atoms in total. The molecule has 5 rings (SSSR count). The van der Waals surface area contributed by atoms with E-state index in [1.54, 1.807) is 56.3 Å². The van der Waals surface area contributed by atoms with Crippen LogP contribution >= 0.6 is 11.3 Å². The van der Waals surface area contributed by atoms with Gasteiger partial charge in [0.25, 0.3) is 11.2 Å². The van der Waals surface area contributed by atoms with Crippen LogP contribution < -0.4 is 24.4 Å². The maximum Gasteiger partial charge on any atom is 0.338 e. The highest BCUT2D eigenvalue weighted by molar-refractivity contribution is 7.07. The Morgan fingerprint density at radius 2 is 1.95 bits per heavy atom. The van der Waals surface area contributed by atoms with Crippen molar-refractivity contribution in [3.8, 4) is 22.8 Å². The van der Waals surface area contributed by atoms with Crippen molar-refractivity contribution in [3.05, 3.63) is 107 Å². The van der Waals surface area contributed by atoms with Gasteiger partial charge in [0.15, 0.2) is 16.3 Å². The lowest BCUT2D eigenvalue weighted by Gasteiger charge is -2.25. The van der Waals surface area contributed by atoms with Gasteiger partial charge in [0.05, 0.1) is 40.5 Å². The SMILES string of the molecule is CCOC(=O)C1=C(C)N=c2s/c(=C\c3ccc(-c4cccc([N+](=O)[O-])c4)o3)c(=O)n2[C@@H]1c1ccc(OC(C)=O)c(OC)c1. The minimum absolute atomic E-state index is 0.0750. The molecule has 0 bridgehead atoms. The first-order valence-corrected chi connectivity index (χ1v) is 13.8. The average molecular weight is 604 g/mol. The smallest absolute Gasteiger partial charge is 0.338 e. The number of aromatic nitrogens is 1. The van der Waals surface area contributed by atoms with Crippen LogP contribution in [0.25, 0.3) is 17.4 Å². The zero-order chi connectivity index (χ0) is 30.8. The van der Waals surface area contributed by atoms with Gasteiger partial charge in [-0.05, 0) is 43.7 Å². The Balaban J connectivity index is 1.63. The number of furan rings is 1. The number of allylic oxidation sites excluding steroid dienone is 1. The van der Waals surface area contributed by atoms with Crippen LogP contribution in [-0.4, -0.2) is 35.1 Å². The van der Waals surface area contributed by atoms with E-state index in [1.807, 2.05) is 0 Å². The largest absolute Gasteiger partial charge is 0.493 e. The number of nitro groups is 1. The lowest BCUT2D eigenvalue weighted by Crippen LogP contribution is -2.39. The predicted octanol–water partition coefficient (Wildman–Crippen LogP) is 3.90. The fraction of sp³-hybridized carbons (Fsp3) is 0.200. The molecule has 3 heterocycles. The lowest BCUT2D eigenvalue weighted by molar-refractivity contribution is -0.384. The summed E-state index contributed by atoms with van der Waals surface area (Å²) in [6.45, 7) is 4.73. The molecule has 1 aliphatic rings. The molecule has 1 aliphatic heterocycles. The summed E-state index contributed by atoms with van der Waals surface area (Å²) in [6, 6.07) is 13.2. The second kappa shape index (κ2) is 11.9. The van der Waals surface area contributed by atoms with Gasteiger partial charge in [0.2, 0.25) is 0 Å². The van der Waals surface area contributed by atoms with E-state index in [2.05, 4.69) is 4.99 Å². The van der Waals surface area contributed by atoms with Crippen molar-refractivity contribution in [2.75, 3.05) is 13.7 Å². The van der Waals surface area contributed by atoms with Crippen LogP contribution in [0.1, 0.15) is 38.1 Å². The molecule has 0 fully saturated rings. The molecule has 1 atom stereocenters. The topological polar surface area (TPSA) is 152 Å². The molecule has 4 aromatic rings. The third-order valence-electron chi connectivity index (χ3n) is 6.52. The maximum atomic E-state index is 13.9. The number of fused-ring (bicyclic) bond motifs is 1. The van der Waals surface area contributed by atoms with Gasteiger partial charge in [-0.2, -0.15) is 0 Å². The number of thiazole rings is 1. The van der Waals surface area contributed by atoms with Crippen molar-refractivity contribution in [2.45, 2.75) is 26.8 Å². The highest BCUT2D eigenvalue weighted by Gasteiger charge is 2.34. The zero-order valence-corrected chi connectivity index (χ0v) is 24.3. The summed E-state index contributed by atoms with van der Waals surface area (Å²) in [6.07, 6.45) is 1.55. The molecule has 13 heteroatoms. The van der Waals surface area contributed by atoms with E-state index >= 15 is 0 Å². The first-order chi connectivity index (χ1) is 20.6. The van der Waals surface area contributed by atoms with Gasteiger partial charge < -0.3 is 18.6 Å². The van der Waals surface area contributed by atoms with Crippen molar-refractivity contribution in [1.29, 1.82) is 0 Å². The molecular formula is C30H25N3O9S. The van der Waals surface area contributed by atoms with Crippen LogP contribution in [0.5, 0.6) is 11.5 Å². The fourth-order valence-electron chi connectivity index (χ4n) is 4.69. The molecule has 0 aliphatic carbocycles. The van der Waals surface area contributed by atoms with Crippen LogP contribution in [0.15, 0.2) is 80.1 Å². The van der Waals surface area contributed by atoms with Crippen LogP contribution in [0.4, 0.5) is 5.69 Å². The van der Waals surface area contributed by atoms with Crippen molar-refractivity contribution in [1.82, 2.24) is 4.57 Å². The lowest BCUT2D eigenvalue weighted by atomic mass is 9.95. The van der Waals surface area contributed by atoms with Crippen LogP contribution in [0, 0.1) is 10.1 Å². The van der Waals surface area contributed by atoms with Crippen molar-refractivity contribution >= 4 is 35.0 Å². The molecule has 2 aromatic carbocycles. The summed E-state index contributed by atoms with van der Waals surface area (Å²) in [7, 11) is 1.41. The van der Waals surface area contributed by atoms with E-state index in [1.165, 1.54) is 36.8 Å². The maximum absolute atomic E-state index is 13.9. The standard InChI is InChI=1S/C30H25N3O9S/c1-5-40-29(36)26-16(2)31-30-32(27(26)19-9-11-23(41-17(3)34)24(14-19)39-4)28(35)25(43-30)15-21-10-12-22(42-21)18-7-6-8-20(13-18)33(37)38/h6-15,27H,5H2,1-4H3/b25-15-/t27-/m1/s1. The molecule has 0 spiro atoms. The van der Waals surface area contributed by atoms with E-state index in [9.17, 15) is 24.5 Å². The van der Waals surface area contributed by atoms with Gasteiger partial charge in [-0.1, -0.05) is 29.5 Å². The summed E-state index contributed by atoms with van der Waals surface area (Å²) in [5, 5.41) is 11.2. The Morgan fingerprint density at radius 3 is 2.65 bits per heavy atom. The fourth-order valence-corrected chi connectivity index (χ4v) is 5.71. The molecule has 0 unspecified atom stereocenters. The van der Waals surface area contributed by atoms with Gasteiger partial charge in [-0.25, -0.2) is 9.79 Å². The number of benzene rings is 2. The number of rotatable bonds is 8. The molecular weight excluding hydrogens is 578 g/mol. The first-order valence-electron chi connectivity index (χ1n) is 13.0. The number of hydrogen-bond acceptors (Lipinski definition) is 11. The molecule has 43 heavy (non-hydrogen) atoms. The number of methoxy groups -OCH3 is 1. The van der Waals surface area contributed by atoms with Gasteiger partial charge in [-0.3, -0.25) is 24.3 Å². The number of non-ortho nitro benzene ring substituents is 1. The third-order valence-corrected chi connectivity index (χ3v) is 7.50. The minimum Gasteiger partial charge on any atom is -0.493 e. The van der Waals surface area contributed by atoms with Crippen LogP contribution in [0.2, 0.25) is 0 Å². The molecule has 0 saturated carbocycles. The molecule has 0 amide bonds. The molecule has 0 N–H and O–H groups in total. The Labute approximate surface area is 247 Å². The van der Waals surface area contributed by atoms with Gasteiger partial charge >= 0.3 is 11.9 Å². The molecule has 220 valence electrons. The quantitative estimate of drug-likeness (QED) is 0.126. The van der Waals surface area contributed by atoms with Crippen LogP contribution in [-0.2, 0) is 14.3 Å². The normalized spacial score (nSPS) is 14.6. The Hall–Kier alpha value is -5.30. The van der Waals surface area contributed by atoms with E-state index in [-0.39, 0.29) is 33.9 Å². The van der Waals surface area contributed by atoms with Gasteiger partial charge in [-0.15, -0.1) is 0 Å². The number of esters is 2. The zero-order valence-electron chi connectivity index (χ0n) is 23.5. The van der Waals surface area contributed by atoms with Gasteiger partial charge in [0, 0.05) is 30.7 Å². The predicted molar refractivity (Wildman–Crippen MR) is 156 cm³/mol. The first kappa shape index (κ1) is 29.2. The monoisotopic (exact) mass is 603 g/mol. The number of nitro benzene ring substituents is 1. The number of ether oxygens (including phenoxy) is 3. The third kappa shape index (κ3) is 5.75. The number of hydrogen-bond donors (Lipinski definition) is 0. The Morgan fingerprint density at radius 1 is 1.16 bits per heavy atom. The Bertz CT molecular complexity index is 1980. The summed E-state index contributed by atoms with van der Waals surface area (Å²) in [5.74, 6) is -0.0100. The number of carbonyl (C=O) groups is 2. The Kier molecular flexibility index (Phi) is 8.08. The van der Waals surface area contributed by atoms with Crippen molar-refractivity contribution in [2.24, 2.45) is 4.99 Å². The average Bonchev–Trinajstić information content (AvgIpc) is 3.56. The van der Waals surface area contributed by atoms with E-state index < -0.39 is 28.5 Å². The number of nitrogens with zero attached hydrogens (tertiary/aromatic N) is 3. The van der Waals surface area contributed by atoms with E-state index in [0.717, 1.165) is 11.3 Å². The van der Waals surface area contributed by atoms with Gasteiger partial charge in [0.1, 0.15) is 11.5 Å². The molecule has 0 saturated heterocycles. The highest BCUT2D eigenvalue weighted by Crippen LogP contribution is 2.36. The number of carbonyl (C=O) groups excluding carboxylic acids is 2. The van der Waals surface area contributed by atoms with Crippen molar-refractivity contribution in [3.63, 3.8) is 0 Å². The van der Waals surface area contributed by atoms with Crippen molar-refractivity contribution < 1.29 is 33.1 Å². The van der Waals surface area contributed by atoms with E-state index in [0.29, 0.717) is 33.1 Å². The summed E-state index contributed by atoms with van der Waals surface area (Å²) >= 11 is 1.11. The van der Waals surface area contributed by atoms with E-state index in [4.69, 9.17) is 18.6 Å². The summed E-state index contributed by atoms with van der Waals surface area (Å²) < 4.78 is 23.6. The van der Waals surface area contributed by atoms with Crippen LogP contribution in [0.3, 0.4) is 0 Å². The molecule has 0 radical (unpaired) electrons. The highest BCUT2D eigenvalue weighted by atomic mass is 32.1.